The van der Waals surface area contributed by atoms with Gasteiger partial charge in [0, 0.05) is 75.8 Å². The molecule has 0 amide bonds. The minimum Gasteiger partial charge on any atom is -1.00 e. The van der Waals surface area contributed by atoms with Crippen LogP contribution in [-0.2, 0) is 16.2 Å². The van der Waals surface area contributed by atoms with E-state index in [1.165, 1.54) is 5.56 Å². The number of aryl methyl sites for hydroxylation is 1. The molecule has 15 heteroatoms. The second-order valence-corrected chi connectivity index (χ2v) is 10.9. The van der Waals surface area contributed by atoms with Crippen LogP contribution in [0.1, 0.15) is 42.1 Å². The zero-order valence-corrected chi connectivity index (χ0v) is 41.6. The Morgan fingerprint density at radius 3 is 1.82 bits per heavy atom. The Morgan fingerprint density at radius 1 is 0.878 bits per heavy atom. The monoisotopic (exact) mass is 939 g/mol. The molecule has 0 aromatic heterocycles. The molecular weight excluding hydrogens is 891 g/mol. The first kappa shape index (κ1) is 49.3. The molecule has 5 rings (SSSR count). The summed E-state index contributed by atoms with van der Waals surface area (Å²) in [4.78, 5) is 42.7. The Balaban J connectivity index is -0.000000724. The van der Waals surface area contributed by atoms with Crippen molar-refractivity contribution in [2.45, 2.75) is 27.7 Å². The standard InChI is InChI=1S/C18H19ClN2O.C13H19BN2O2.CH3F.CH2O3.CH4.2Cs.H/c19-17-7-4-8-18(16(17)14-22)21-11-9-20(10-12-21)13-15-5-2-1-3-6-15;1-11-4-3-5-13(12(11)10-17)15-6-8-16(9-7-15)14(2)18;1-2;2-1-4-3;;;;/h1-8,14H,9-13H2;3-5,10,18H,6-9H2,1-2H3;1H3;1,3H;1H4;;;/q;;;;;2*+1;-1/p-1/i;;1D;;;;;. The van der Waals surface area contributed by atoms with Gasteiger partial charge in [0.25, 0.3) is 6.47 Å². The normalized spacial score (nSPS) is 14.0. The van der Waals surface area contributed by atoms with Crippen molar-refractivity contribution >= 4 is 49.1 Å². The molecule has 0 radical (unpaired) electrons. The maximum atomic E-state index is 11.3. The van der Waals surface area contributed by atoms with Crippen LogP contribution in [0.15, 0.2) is 66.7 Å². The van der Waals surface area contributed by atoms with E-state index in [1.54, 1.807) is 12.9 Å². The number of nitrogens with zero attached hydrogens (tertiary/aromatic N) is 4. The third kappa shape index (κ3) is 17.3. The molecule has 49 heavy (non-hydrogen) atoms. The summed E-state index contributed by atoms with van der Waals surface area (Å²) in [5.74, 6) is 0. The van der Waals surface area contributed by atoms with Gasteiger partial charge < -0.3 is 31.2 Å². The molecule has 3 aromatic carbocycles. The summed E-state index contributed by atoms with van der Waals surface area (Å²) in [5, 5.41) is 18.5. The first-order valence-electron chi connectivity index (χ1n) is 15.5. The van der Waals surface area contributed by atoms with E-state index in [-0.39, 0.29) is 153 Å². The van der Waals surface area contributed by atoms with Crippen LogP contribution in [0.4, 0.5) is 15.8 Å². The Bertz CT molecular complexity index is 1380. The quantitative estimate of drug-likeness (QED) is 0.121. The topological polar surface area (TPSA) is 117 Å². The zero-order valence-electron chi connectivity index (χ0n) is 30.3. The van der Waals surface area contributed by atoms with Gasteiger partial charge in [-0.1, -0.05) is 67.6 Å². The fourth-order valence-electron chi connectivity index (χ4n) is 5.34. The molecule has 258 valence electrons. The van der Waals surface area contributed by atoms with Gasteiger partial charge >= 0.3 is 145 Å². The molecule has 2 fully saturated rings. The Kier molecular flexibility index (Phi) is 29.9. The molecule has 3 aromatic rings. The SMILES string of the molecule is C.CB(O)N1CCN(c2cccc(C)c2C=O)CC1.O=CO[O-].O=Cc1c(Cl)cccc1N1CCN(Cc2ccccc2)CC1.[2H]CF.[Cs+].[Cs+].[H-]. The maximum absolute atomic E-state index is 11.3. The number of carbonyl (C=O) groups excluding carboxylic acids is 3. The summed E-state index contributed by atoms with van der Waals surface area (Å²) in [6, 6.07) is 22.1. The molecule has 2 saturated heterocycles. The molecule has 0 unspecified atom stereocenters. The molecule has 0 atom stereocenters. The first-order valence-corrected chi connectivity index (χ1v) is 15.2. The molecular formula is C34H47BClCs2FN4O6. The number of carbonyl (C=O) groups is 3. The van der Waals surface area contributed by atoms with Gasteiger partial charge in [0.15, 0.2) is 12.6 Å². The number of piperazine rings is 2. The van der Waals surface area contributed by atoms with Gasteiger partial charge in [-0.05, 0) is 43.1 Å². The summed E-state index contributed by atoms with van der Waals surface area (Å²) in [5.41, 5.74) is 5.69. The Morgan fingerprint density at radius 2 is 1.35 bits per heavy atom. The van der Waals surface area contributed by atoms with Crippen molar-refractivity contribution in [3.8, 4) is 0 Å². The van der Waals surface area contributed by atoms with Crippen LogP contribution < -0.4 is 153 Å². The van der Waals surface area contributed by atoms with Crippen LogP contribution in [0.3, 0.4) is 0 Å². The summed E-state index contributed by atoms with van der Waals surface area (Å²) < 4.78 is 15.5. The molecule has 0 saturated carbocycles. The molecule has 1 N–H and O–H groups in total. The Labute approximate surface area is 416 Å². The van der Waals surface area contributed by atoms with Gasteiger partial charge in [-0.2, -0.15) is 0 Å². The van der Waals surface area contributed by atoms with Crippen LogP contribution in [-0.4, -0.2) is 100 Å². The van der Waals surface area contributed by atoms with E-state index in [4.69, 9.17) is 23.0 Å². The van der Waals surface area contributed by atoms with Crippen LogP contribution >= 0.6 is 11.6 Å². The van der Waals surface area contributed by atoms with Crippen molar-refractivity contribution in [3.05, 3.63) is 94.0 Å². The number of hydrogen-bond acceptors (Lipinski definition) is 10. The summed E-state index contributed by atoms with van der Waals surface area (Å²) in [7, 11) is -1.39. The smallest absolute Gasteiger partial charge is 1.00 e. The summed E-state index contributed by atoms with van der Waals surface area (Å²) >= 11 is 6.12. The van der Waals surface area contributed by atoms with Crippen molar-refractivity contribution in [3.63, 3.8) is 0 Å². The Hall–Kier alpha value is 0.299. The maximum Gasteiger partial charge on any atom is 1.00 e. The van der Waals surface area contributed by atoms with Crippen LogP contribution in [0, 0.1) is 6.92 Å². The predicted molar refractivity (Wildman–Crippen MR) is 187 cm³/mol. The fraction of sp³-hybridized carbons (Fsp3) is 0.382. The van der Waals surface area contributed by atoms with E-state index in [9.17, 15) is 19.0 Å². The molecule has 0 aliphatic carbocycles. The van der Waals surface area contributed by atoms with Crippen molar-refractivity contribution in [1.29, 1.82) is 0 Å². The number of alkyl halides is 1. The van der Waals surface area contributed by atoms with Gasteiger partial charge in [-0.3, -0.25) is 23.7 Å². The number of hydrogen-bond donors (Lipinski definition) is 1. The van der Waals surface area contributed by atoms with E-state index >= 15 is 0 Å². The van der Waals surface area contributed by atoms with Gasteiger partial charge in [-0.25, -0.2) is 0 Å². The fourth-order valence-corrected chi connectivity index (χ4v) is 5.55. The van der Waals surface area contributed by atoms with E-state index < -0.39 is 14.2 Å². The molecule has 2 heterocycles. The van der Waals surface area contributed by atoms with Gasteiger partial charge in [-0.15, -0.1) is 0 Å². The van der Waals surface area contributed by atoms with Gasteiger partial charge in [0.1, 0.15) is 0 Å². The minimum atomic E-state index is -1.00. The number of aldehydes is 2. The zero-order chi connectivity index (χ0) is 34.6. The van der Waals surface area contributed by atoms with Crippen molar-refractivity contribution in [1.82, 2.24) is 9.71 Å². The second kappa shape index (κ2) is 29.7. The minimum absolute atomic E-state index is 0. The third-order valence-electron chi connectivity index (χ3n) is 7.75. The largest absolute Gasteiger partial charge is 1.00 e. The van der Waals surface area contributed by atoms with Crippen LogP contribution in [0.5, 0.6) is 0 Å². The summed E-state index contributed by atoms with van der Waals surface area (Å²) in [6.45, 7) is 11.7. The van der Waals surface area contributed by atoms with Crippen molar-refractivity contribution < 1.29 is 175 Å². The second-order valence-electron chi connectivity index (χ2n) is 10.5. The first-order chi connectivity index (χ1) is 22.7. The average molecular weight is 940 g/mol. The van der Waals surface area contributed by atoms with E-state index in [1.807, 2.05) is 48.1 Å². The average Bonchev–Trinajstić information content (AvgIpc) is 3.09. The molecule has 0 spiro atoms. The molecule has 2 aliphatic heterocycles. The molecule has 2 aliphatic rings. The van der Waals surface area contributed by atoms with Crippen molar-refractivity contribution in [2.75, 3.05) is 69.3 Å². The number of rotatable bonds is 8. The molecule has 0 bridgehead atoms. The van der Waals surface area contributed by atoms with E-state index in [0.29, 0.717) is 10.6 Å². The van der Waals surface area contributed by atoms with E-state index in [0.717, 1.165) is 94.0 Å². The van der Waals surface area contributed by atoms with Gasteiger partial charge in [0.05, 0.1) is 19.1 Å². The predicted octanol–water partition coefficient (Wildman–Crippen LogP) is -1.71. The summed E-state index contributed by atoms with van der Waals surface area (Å²) in [6.07, 6.45) is 1.79. The van der Waals surface area contributed by atoms with Crippen LogP contribution in [0.25, 0.3) is 0 Å². The van der Waals surface area contributed by atoms with Crippen LogP contribution in [0.2, 0.25) is 11.8 Å². The third-order valence-corrected chi connectivity index (χ3v) is 8.08. The van der Waals surface area contributed by atoms with Gasteiger partial charge in [0.2, 0.25) is 0 Å². The number of anilines is 2. The number of benzene rings is 3. The number of halogens is 2. The van der Waals surface area contributed by atoms with E-state index in [2.05, 4.69) is 43.9 Å². The van der Waals surface area contributed by atoms with Crippen molar-refractivity contribution in [2.24, 2.45) is 0 Å². The molecule has 10 nitrogen and oxygen atoms in total.